The van der Waals surface area contributed by atoms with Gasteiger partial charge in [0.1, 0.15) is 5.01 Å². The van der Waals surface area contributed by atoms with Gasteiger partial charge in [-0.15, -0.1) is 10.2 Å². The van der Waals surface area contributed by atoms with Crippen molar-refractivity contribution in [3.63, 3.8) is 0 Å². The predicted molar refractivity (Wildman–Crippen MR) is 147 cm³/mol. The number of hydrogen-bond acceptors (Lipinski definition) is 7. The molecule has 0 fully saturated rings. The lowest BCUT2D eigenvalue weighted by Crippen LogP contribution is -2.22. The second-order valence-corrected chi connectivity index (χ2v) is 11.1. The number of sulfonamides is 1. The Kier molecular flexibility index (Phi) is 9.90. The van der Waals surface area contributed by atoms with Crippen LogP contribution in [0.25, 0.3) is 0 Å². The molecule has 1 amide bonds. The molecule has 0 radical (unpaired) electrons. The van der Waals surface area contributed by atoms with Gasteiger partial charge in [0.2, 0.25) is 11.0 Å². The molecule has 0 saturated carbocycles. The van der Waals surface area contributed by atoms with Crippen molar-refractivity contribution in [1.82, 2.24) is 10.2 Å². The normalized spacial score (nSPS) is 11.1. The maximum absolute atomic E-state index is 13.2. The Bertz CT molecular complexity index is 1330. The zero-order chi connectivity index (χ0) is 26.8. The van der Waals surface area contributed by atoms with Crippen LogP contribution in [0.1, 0.15) is 42.8 Å². The monoisotopic (exact) mass is 538 g/mol. The van der Waals surface area contributed by atoms with E-state index in [9.17, 15) is 13.2 Å². The molecule has 0 saturated heterocycles. The summed E-state index contributed by atoms with van der Waals surface area (Å²) in [5.74, 6) is -0.704. The van der Waals surface area contributed by atoms with Crippen molar-refractivity contribution in [1.29, 1.82) is 0 Å². The van der Waals surface area contributed by atoms with Gasteiger partial charge in [0, 0.05) is 11.8 Å². The number of benzene rings is 3. The number of rotatable bonds is 8. The third kappa shape index (κ3) is 8.21. The molecule has 3 N–H and O–H groups in total. The first-order chi connectivity index (χ1) is 17.7. The molecular formula is C27H30N4O4S2. The van der Waals surface area contributed by atoms with E-state index in [0.29, 0.717) is 12.1 Å². The maximum Gasteiger partial charge on any atom is 0.263 e. The summed E-state index contributed by atoms with van der Waals surface area (Å²) in [6, 6.07) is 25.1. The number of nitrogens with zero attached hydrogens (tertiary/aromatic N) is 2. The SMILES string of the molecule is CC(C)O.CCc1nnc(NS(=O)(=O)c2ccc(NC(=O)C(c3ccccc3)c3ccccc3)cc2)s1. The molecular weight excluding hydrogens is 508 g/mol. The van der Waals surface area contributed by atoms with Crippen LogP contribution in [0.5, 0.6) is 0 Å². The van der Waals surface area contributed by atoms with Gasteiger partial charge in [-0.2, -0.15) is 0 Å². The van der Waals surface area contributed by atoms with Crippen LogP contribution in [-0.4, -0.2) is 35.7 Å². The fourth-order valence-corrected chi connectivity index (χ4v) is 5.24. The Balaban J connectivity index is 0.000000886. The van der Waals surface area contributed by atoms with E-state index in [0.717, 1.165) is 16.1 Å². The minimum atomic E-state index is -3.81. The van der Waals surface area contributed by atoms with Gasteiger partial charge < -0.3 is 10.4 Å². The fourth-order valence-electron chi connectivity index (χ4n) is 3.33. The number of nitrogens with one attached hydrogen (secondary N) is 2. The van der Waals surface area contributed by atoms with Gasteiger partial charge in [-0.05, 0) is 55.7 Å². The third-order valence-electron chi connectivity index (χ3n) is 4.95. The summed E-state index contributed by atoms with van der Waals surface area (Å²) >= 11 is 1.20. The van der Waals surface area contributed by atoms with E-state index in [-0.39, 0.29) is 22.0 Å². The highest BCUT2D eigenvalue weighted by atomic mass is 32.2. The predicted octanol–water partition coefficient (Wildman–Crippen LogP) is 5.06. The van der Waals surface area contributed by atoms with Crippen LogP contribution < -0.4 is 10.0 Å². The van der Waals surface area contributed by atoms with E-state index in [1.807, 2.05) is 67.6 Å². The number of anilines is 2. The summed E-state index contributed by atoms with van der Waals surface area (Å²) < 4.78 is 27.7. The summed E-state index contributed by atoms with van der Waals surface area (Å²) in [4.78, 5) is 13.3. The van der Waals surface area contributed by atoms with Gasteiger partial charge in [-0.1, -0.05) is 78.9 Å². The second-order valence-electron chi connectivity index (χ2n) is 8.32. The van der Waals surface area contributed by atoms with Crippen molar-refractivity contribution in [3.8, 4) is 0 Å². The van der Waals surface area contributed by atoms with E-state index in [2.05, 4.69) is 20.2 Å². The largest absolute Gasteiger partial charge is 0.394 e. The fraction of sp³-hybridized carbons (Fsp3) is 0.222. The standard InChI is InChI=1S/C24H22N4O3S2.C3H8O/c1-2-21-26-27-24(32-21)28-33(30,31)20-15-13-19(14-16-20)25-23(29)22(17-9-5-3-6-10-17)18-11-7-4-8-12-18;1-3(2)4/h3-16,22H,2H2,1H3,(H,25,29)(H,27,28);3-4H,1-2H3. The molecule has 0 aliphatic carbocycles. The lowest BCUT2D eigenvalue weighted by Gasteiger charge is -2.18. The molecule has 194 valence electrons. The first-order valence-electron chi connectivity index (χ1n) is 11.7. The van der Waals surface area contributed by atoms with Gasteiger partial charge in [-0.25, -0.2) is 8.42 Å². The molecule has 4 aromatic rings. The van der Waals surface area contributed by atoms with E-state index in [4.69, 9.17) is 5.11 Å². The number of aliphatic hydroxyl groups is 1. The molecule has 0 atom stereocenters. The maximum atomic E-state index is 13.2. The zero-order valence-corrected chi connectivity index (χ0v) is 22.5. The molecule has 37 heavy (non-hydrogen) atoms. The highest BCUT2D eigenvalue weighted by Crippen LogP contribution is 2.27. The average molecular weight is 539 g/mol. The summed E-state index contributed by atoms with van der Waals surface area (Å²) in [5.41, 5.74) is 2.24. The lowest BCUT2D eigenvalue weighted by atomic mass is 9.90. The number of aliphatic hydroxyl groups excluding tert-OH is 1. The number of carbonyl (C=O) groups excluding carboxylic acids is 1. The van der Waals surface area contributed by atoms with Gasteiger partial charge >= 0.3 is 0 Å². The highest BCUT2D eigenvalue weighted by molar-refractivity contribution is 7.93. The Morgan fingerprint density at radius 3 is 1.86 bits per heavy atom. The number of amides is 1. The van der Waals surface area contributed by atoms with Crippen LogP contribution in [0.2, 0.25) is 0 Å². The van der Waals surface area contributed by atoms with Gasteiger partial charge in [-0.3, -0.25) is 9.52 Å². The van der Waals surface area contributed by atoms with Crippen LogP contribution in [0.3, 0.4) is 0 Å². The van der Waals surface area contributed by atoms with Crippen molar-refractivity contribution in [3.05, 3.63) is 101 Å². The Morgan fingerprint density at radius 2 is 1.41 bits per heavy atom. The molecule has 10 heteroatoms. The van der Waals surface area contributed by atoms with Crippen molar-refractivity contribution >= 4 is 38.1 Å². The smallest absolute Gasteiger partial charge is 0.263 e. The molecule has 0 aliphatic heterocycles. The molecule has 0 aliphatic rings. The summed E-state index contributed by atoms with van der Waals surface area (Å²) in [6.45, 7) is 5.37. The van der Waals surface area contributed by atoms with E-state index < -0.39 is 15.9 Å². The van der Waals surface area contributed by atoms with Crippen LogP contribution in [-0.2, 0) is 21.2 Å². The first-order valence-corrected chi connectivity index (χ1v) is 14.0. The summed E-state index contributed by atoms with van der Waals surface area (Å²) in [7, 11) is -3.81. The molecule has 1 aromatic heterocycles. The van der Waals surface area contributed by atoms with Crippen molar-refractivity contribution < 1.29 is 18.3 Å². The Morgan fingerprint density at radius 1 is 0.892 bits per heavy atom. The van der Waals surface area contributed by atoms with Gasteiger partial charge in [0.25, 0.3) is 10.0 Å². The lowest BCUT2D eigenvalue weighted by molar-refractivity contribution is -0.116. The second kappa shape index (κ2) is 13.1. The van der Waals surface area contributed by atoms with Gasteiger partial charge in [0.15, 0.2) is 0 Å². The van der Waals surface area contributed by atoms with E-state index >= 15 is 0 Å². The van der Waals surface area contributed by atoms with Crippen LogP contribution in [0.15, 0.2) is 89.8 Å². The topological polar surface area (TPSA) is 121 Å². The number of carbonyl (C=O) groups is 1. The molecule has 0 spiro atoms. The van der Waals surface area contributed by atoms with E-state index in [1.165, 1.54) is 23.5 Å². The third-order valence-corrected chi connectivity index (χ3v) is 7.42. The van der Waals surface area contributed by atoms with Crippen molar-refractivity contribution in [2.24, 2.45) is 0 Å². The summed E-state index contributed by atoms with van der Waals surface area (Å²) in [6.07, 6.45) is 0.515. The Labute approximate surface area is 221 Å². The van der Waals surface area contributed by atoms with Crippen molar-refractivity contribution in [2.45, 2.75) is 44.1 Å². The first kappa shape index (κ1) is 28.0. The molecule has 3 aromatic carbocycles. The molecule has 0 bridgehead atoms. The number of hydrogen-bond donors (Lipinski definition) is 3. The quantitative estimate of drug-likeness (QED) is 0.288. The molecule has 4 rings (SSSR count). The average Bonchev–Trinajstić information content (AvgIpc) is 3.32. The molecule has 0 unspecified atom stereocenters. The van der Waals surface area contributed by atoms with Crippen LogP contribution >= 0.6 is 11.3 Å². The van der Waals surface area contributed by atoms with Crippen molar-refractivity contribution in [2.75, 3.05) is 10.0 Å². The minimum Gasteiger partial charge on any atom is -0.394 e. The number of aromatic nitrogens is 2. The summed E-state index contributed by atoms with van der Waals surface area (Å²) in [5, 5.41) is 19.7. The zero-order valence-electron chi connectivity index (χ0n) is 20.8. The van der Waals surface area contributed by atoms with E-state index in [1.54, 1.807) is 26.0 Å². The molecule has 8 nitrogen and oxygen atoms in total. The van der Waals surface area contributed by atoms with Gasteiger partial charge in [0.05, 0.1) is 10.8 Å². The minimum absolute atomic E-state index is 0.0661. The van der Waals surface area contributed by atoms with Crippen LogP contribution in [0, 0.1) is 0 Å². The number of aryl methyl sites for hydroxylation is 1. The Hall–Kier alpha value is -3.60. The highest BCUT2D eigenvalue weighted by Gasteiger charge is 2.23. The molecule has 1 heterocycles. The van der Waals surface area contributed by atoms with Crippen LogP contribution in [0.4, 0.5) is 10.8 Å².